The molecule has 392 valence electrons. The number of anilines is 6. The average molecular weight is 1030 g/mol. The Labute approximate surface area is 471 Å². The third-order valence-corrected chi connectivity index (χ3v) is 17.4. The van der Waals surface area contributed by atoms with Crippen molar-refractivity contribution in [1.82, 2.24) is 0 Å². The Bertz CT molecular complexity index is 3520. The molecular formula is C77H74N2. The maximum absolute atomic E-state index is 2.57. The Morgan fingerprint density at radius 3 is 0.772 bits per heavy atom. The molecule has 0 unspecified atom stereocenters. The molecule has 2 aliphatic carbocycles. The van der Waals surface area contributed by atoms with Crippen molar-refractivity contribution in [3.63, 3.8) is 0 Å². The number of rotatable bonds is 10. The van der Waals surface area contributed by atoms with Crippen LogP contribution in [0.25, 0.3) is 44.5 Å². The van der Waals surface area contributed by atoms with Gasteiger partial charge in [0.25, 0.3) is 0 Å². The van der Waals surface area contributed by atoms with Crippen molar-refractivity contribution in [1.29, 1.82) is 0 Å². The van der Waals surface area contributed by atoms with E-state index >= 15 is 0 Å². The van der Waals surface area contributed by atoms with Crippen molar-refractivity contribution in [2.45, 2.75) is 109 Å². The van der Waals surface area contributed by atoms with Crippen molar-refractivity contribution in [2.24, 2.45) is 0 Å². The van der Waals surface area contributed by atoms with Gasteiger partial charge in [-0.1, -0.05) is 239 Å². The smallest absolute Gasteiger partial charge is 0.0464 e. The summed E-state index contributed by atoms with van der Waals surface area (Å²) in [5, 5.41) is 0. The summed E-state index contributed by atoms with van der Waals surface area (Å²) in [6, 6.07) is 91.1. The van der Waals surface area contributed by atoms with Gasteiger partial charge >= 0.3 is 0 Å². The van der Waals surface area contributed by atoms with Gasteiger partial charge in [0.05, 0.1) is 0 Å². The van der Waals surface area contributed by atoms with Crippen LogP contribution in [0.5, 0.6) is 0 Å². The van der Waals surface area contributed by atoms with Crippen LogP contribution in [-0.2, 0) is 27.1 Å². The molecule has 0 aliphatic heterocycles. The predicted molar refractivity (Wildman–Crippen MR) is 337 cm³/mol. The summed E-state index contributed by atoms with van der Waals surface area (Å²) in [6.45, 7) is 23.5. The normalized spacial score (nSPS) is 14.9. The summed E-state index contributed by atoms with van der Waals surface area (Å²) in [6.07, 6.45) is 2.06. The first kappa shape index (κ1) is 51.6. The van der Waals surface area contributed by atoms with E-state index in [-0.39, 0.29) is 27.1 Å². The highest BCUT2D eigenvalue weighted by atomic mass is 15.1. The maximum atomic E-state index is 2.57. The van der Waals surface area contributed by atoms with Crippen LogP contribution in [0.2, 0.25) is 0 Å². The molecule has 0 radical (unpaired) electrons. The third-order valence-electron chi connectivity index (χ3n) is 17.4. The van der Waals surface area contributed by atoms with Crippen LogP contribution in [0.1, 0.15) is 115 Å². The fourth-order valence-electron chi connectivity index (χ4n) is 13.3. The van der Waals surface area contributed by atoms with Gasteiger partial charge in [-0.25, -0.2) is 0 Å². The highest BCUT2D eigenvalue weighted by Gasteiger charge is 2.56. The monoisotopic (exact) mass is 1030 g/mol. The minimum atomic E-state index is -0.221. The van der Waals surface area contributed by atoms with E-state index in [0.717, 1.165) is 35.6 Å². The molecule has 2 heteroatoms. The van der Waals surface area contributed by atoms with Gasteiger partial charge in [0.2, 0.25) is 0 Å². The zero-order valence-electron chi connectivity index (χ0n) is 47.9. The number of hydrogen-bond donors (Lipinski definition) is 0. The first-order valence-corrected chi connectivity index (χ1v) is 28.5. The minimum Gasteiger partial charge on any atom is -0.310 e. The van der Waals surface area contributed by atoms with Gasteiger partial charge in [-0.05, 0) is 185 Å². The van der Waals surface area contributed by atoms with E-state index in [4.69, 9.17) is 0 Å². The summed E-state index contributed by atoms with van der Waals surface area (Å²) in [4.78, 5) is 4.95. The van der Waals surface area contributed by atoms with Crippen molar-refractivity contribution in [3.05, 3.63) is 276 Å². The molecule has 0 fully saturated rings. The molecule has 0 heterocycles. The highest BCUT2D eigenvalue weighted by molar-refractivity contribution is 5.84. The molecule has 0 bridgehead atoms. The van der Waals surface area contributed by atoms with Crippen LogP contribution >= 0.6 is 0 Å². The highest BCUT2D eigenvalue weighted by Crippen LogP contribution is 2.64. The van der Waals surface area contributed by atoms with Crippen LogP contribution in [0, 0.1) is 0 Å². The second kappa shape index (κ2) is 19.6. The lowest BCUT2D eigenvalue weighted by Crippen LogP contribution is -2.27. The van der Waals surface area contributed by atoms with E-state index < -0.39 is 0 Å². The second-order valence-electron chi connectivity index (χ2n) is 25.9. The predicted octanol–water partition coefficient (Wildman–Crippen LogP) is 21.5. The Morgan fingerprint density at radius 1 is 0.266 bits per heavy atom. The topological polar surface area (TPSA) is 6.48 Å². The Hall–Kier alpha value is -8.20. The van der Waals surface area contributed by atoms with Crippen LogP contribution in [0.15, 0.2) is 243 Å². The number of nitrogens with zero attached hydrogens (tertiary/aromatic N) is 2. The molecule has 2 nitrogen and oxygen atoms in total. The second-order valence-corrected chi connectivity index (χ2v) is 25.9. The number of fused-ring (bicyclic) bond motifs is 4. The first-order valence-electron chi connectivity index (χ1n) is 28.5. The third kappa shape index (κ3) is 9.71. The van der Waals surface area contributed by atoms with E-state index in [1.165, 1.54) is 89.3 Å². The van der Waals surface area contributed by atoms with E-state index in [2.05, 4.69) is 322 Å². The van der Waals surface area contributed by atoms with E-state index in [9.17, 15) is 0 Å². The molecule has 1 spiro atoms. The molecule has 0 saturated heterocycles. The number of hydrogen-bond acceptors (Lipinski definition) is 2. The van der Waals surface area contributed by atoms with Crippen LogP contribution in [0.4, 0.5) is 34.1 Å². The summed E-state index contributed by atoms with van der Waals surface area (Å²) in [7, 11) is 0. The molecule has 0 amide bonds. The molecule has 0 aromatic heterocycles. The summed E-state index contributed by atoms with van der Waals surface area (Å²) in [5.74, 6) is 0. The fourth-order valence-corrected chi connectivity index (χ4v) is 13.3. The Morgan fingerprint density at radius 2 is 0.506 bits per heavy atom. The summed E-state index contributed by atoms with van der Waals surface area (Å²) < 4.78 is 0. The zero-order chi connectivity index (χ0) is 54.9. The quantitative estimate of drug-likeness (QED) is 0.135. The van der Waals surface area contributed by atoms with Crippen LogP contribution in [0.3, 0.4) is 0 Å². The lowest BCUT2D eigenvalue weighted by Gasteiger charge is -2.32. The van der Waals surface area contributed by atoms with E-state index in [0.29, 0.717) is 0 Å². The standard InChI is InChI=1S/C77H74N2/c1-73(2,3)61-33-21-55(22-34-61)59-29-41-65(42-30-59)78(63-37-25-57(26-38-63)53-17-13-11-14-18-53)67-45-47-69-71(49-67)77(51-75(69,7)8)52-76(9,10)70-48-46-68(50-72(70)77)79(64-39-27-58(28-40-64)54-19-15-12-16-20-54)66-43-31-60(32-44-66)56-23-35-62(36-24-56)74(4,5)6/h11-50H,51-52H2,1-10H3. The van der Waals surface area contributed by atoms with Crippen LogP contribution < -0.4 is 9.80 Å². The van der Waals surface area contributed by atoms with Gasteiger partial charge in [-0.3, -0.25) is 0 Å². The molecule has 0 atom stereocenters. The van der Waals surface area contributed by atoms with Crippen molar-refractivity contribution < 1.29 is 0 Å². The van der Waals surface area contributed by atoms with Gasteiger partial charge in [0, 0.05) is 39.5 Å². The molecule has 79 heavy (non-hydrogen) atoms. The Kier molecular flexibility index (Phi) is 12.8. The van der Waals surface area contributed by atoms with Gasteiger partial charge in [-0.2, -0.15) is 0 Å². The molecular weight excluding hydrogens is 953 g/mol. The van der Waals surface area contributed by atoms with E-state index in [1.54, 1.807) is 0 Å². The van der Waals surface area contributed by atoms with E-state index in [1.807, 2.05) is 0 Å². The van der Waals surface area contributed by atoms with Crippen molar-refractivity contribution >= 4 is 34.1 Å². The molecule has 2 aliphatic rings. The molecule has 0 N–H and O–H groups in total. The molecule has 0 saturated carbocycles. The van der Waals surface area contributed by atoms with Gasteiger partial charge in [-0.15, -0.1) is 0 Å². The van der Waals surface area contributed by atoms with Crippen molar-refractivity contribution in [2.75, 3.05) is 9.80 Å². The Balaban J connectivity index is 0.973. The fraction of sp³-hybridized carbons (Fsp3) is 0.221. The number of benzene rings is 10. The maximum Gasteiger partial charge on any atom is 0.0464 e. The lowest BCUT2D eigenvalue weighted by molar-refractivity contribution is 0.349. The SMILES string of the molecule is CC(C)(C)c1ccc(-c2ccc(N(c3ccc(-c4ccccc4)cc3)c3ccc4c(c3)C3(CC4(C)C)CC(C)(C)c4ccc(N(c5ccc(-c6ccccc6)cc5)c5ccc(-c6ccc(C(C)(C)C)cc6)cc5)cc43)cc2)cc1. The zero-order valence-corrected chi connectivity index (χ0v) is 47.9. The lowest BCUT2D eigenvalue weighted by atomic mass is 9.72. The van der Waals surface area contributed by atoms with Gasteiger partial charge in [0.1, 0.15) is 0 Å². The molecule has 10 aromatic carbocycles. The summed E-state index contributed by atoms with van der Waals surface area (Å²) in [5.41, 5.74) is 24.9. The molecule has 12 rings (SSSR count). The van der Waals surface area contributed by atoms with Crippen LogP contribution in [-0.4, -0.2) is 0 Å². The van der Waals surface area contributed by atoms with Gasteiger partial charge in [0.15, 0.2) is 0 Å². The van der Waals surface area contributed by atoms with Crippen molar-refractivity contribution in [3.8, 4) is 44.5 Å². The first-order chi connectivity index (χ1) is 37.8. The van der Waals surface area contributed by atoms with Gasteiger partial charge < -0.3 is 9.80 Å². The average Bonchev–Trinajstić information content (AvgIpc) is 4.08. The summed E-state index contributed by atoms with van der Waals surface area (Å²) >= 11 is 0. The minimum absolute atomic E-state index is 0.0538. The largest absolute Gasteiger partial charge is 0.310 e. The molecule has 10 aromatic rings.